The minimum atomic E-state index is -0.185. The Morgan fingerprint density at radius 3 is 2.70 bits per heavy atom. The summed E-state index contributed by atoms with van der Waals surface area (Å²) >= 11 is 12.1. The molecule has 0 amide bonds. The van der Waals surface area contributed by atoms with Gasteiger partial charge < -0.3 is 15.3 Å². The topological polar surface area (TPSA) is 72.5 Å². The van der Waals surface area contributed by atoms with Crippen LogP contribution < -0.4 is 5.73 Å². The van der Waals surface area contributed by atoms with Gasteiger partial charge in [0.25, 0.3) is 0 Å². The fourth-order valence-electron chi connectivity index (χ4n) is 2.13. The molecule has 1 unspecified atom stereocenters. The van der Waals surface area contributed by atoms with Gasteiger partial charge in [-0.25, -0.2) is 9.97 Å². The van der Waals surface area contributed by atoms with Crippen molar-refractivity contribution < 1.29 is 0 Å². The second kappa shape index (κ2) is 5.19. The Labute approximate surface area is 125 Å². The van der Waals surface area contributed by atoms with Gasteiger partial charge in [0.15, 0.2) is 0 Å². The molecule has 0 aliphatic rings. The lowest BCUT2D eigenvalue weighted by Gasteiger charge is -2.19. The molecule has 0 bridgehead atoms. The fraction of sp³-hybridized carbons (Fsp3) is 0.0769. The van der Waals surface area contributed by atoms with Gasteiger partial charge in [-0.1, -0.05) is 29.3 Å². The number of rotatable bonds is 3. The van der Waals surface area contributed by atoms with Gasteiger partial charge in [-0.3, -0.25) is 0 Å². The molecular formula is C13H11Cl2N5. The highest BCUT2D eigenvalue weighted by molar-refractivity contribution is 6.42. The van der Waals surface area contributed by atoms with Gasteiger partial charge >= 0.3 is 0 Å². The van der Waals surface area contributed by atoms with Crippen LogP contribution in [0.2, 0.25) is 10.0 Å². The van der Waals surface area contributed by atoms with Crippen LogP contribution in [0.15, 0.2) is 43.1 Å². The number of hydrogen-bond donors (Lipinski definition) is 2. The molecule has 0 fully saturated rings. The van der Waals surface area contributed by atoms with Crippen LogP contribution in [0.5, 0.6) is 0 Å². The number of nitrogens with two attached hydrogens (primary N) is 1. The first kappa shape index (κ1) is 13.0. The molecule has 2 aromatic heterocycles. The molecule has 3 aromatic rings. The normalized spacial score (nSPS) is 12.5. The summed E-state index contributed by atoms with van der Waals surface area (Å²) in [5, 5.41) is 1.00. The van der Waals surface area contributed by atoms with Crippen LogP contribution in [0.4, 0.5) is 5.95 Å². The quantitative estimate of drug-likeness (QED) is 0.781. The zero-order valence-corrected chi connectivity index (χ0v) is 11.8. The molecule has 20 heavy (non-hydrogen) atoms. The minimum absolute atomic E-state index is 0.185. The summed E-state index contributed by atoms with van der Waals surface area (Å²) in [6.07, 6.45) is 6.82. The number of aromatic nitrogens is 4. The predicted molar refractivity (Wildman–Crippen MR) is 78.9 cm³/mol. The number of H-pyrrole nitrogens is 1. The molecule has 2 heterocycles. The molecule has 0 aliphatic heterocycles. The molecule has 1 atom stereocenters. The van der Waals surface area contributed by atoms with Crippen molar-refractivity contribution in [3.8, 4) is 0 Å². The van der Waals surface area contributed by atoms with Crippen molar-refractivity contribution in [2.24, 2.45) is 0 Å². The van der Waals surface area contributed by atoms with E-state index >= 15 is 0 Å². The van der Waals surface area contributed by atoms with E-state index in [4.69, 9.17) is 28.9 Å². The summed E-state index contributed by atoms with van der Waals surface area (Å²) in [5.41, 5.74) is 7.73. The SMILES string of the molecule is Nc1nccn1C(c1ccc(Cl)c(Cl)c1)c1cnc[nH]1. The summed E-state index contributed by atoms with van der Waals surface area (Å²) in [4.78, 5) is 11.2. The van der Waals surface area contributed by atoms with E-state index in [0.29, 0.717) is 16.0 Å². The average molecular weight is 308 g/mol. The van der Waals surface area contributed by atoms with Crippen LogP contribution in [-0.2, 0) is 0 Å². The van der Waals surface area contributed by atoms with Crippen molar-refractivity contribution in [3.63, 3.8) is 0 Å². The Hall–Kier alpha value is -1.98. The molecule has 1 aromatic carbocycles. The third kappa shape index (κ3) is 2.26. The molecule has 7 heteroatoms. The third-order valence-electron chi connectivity index (χ3n) is 3.05. The number of imidazole rings is 2. The number of nitrogens with one attached hydrogen (secondary N) is 1. The fourth-order valence-corrected chi connectivity index (χ4v) is 2.44. The van der Waals surface area contributed by atoms with Gasteiger partial charge in [-0.2, -0.15) is 0 Å². The largest absolute Gasteiger partial charge is 0.369 e. The van der Waals surface area contributed by atoms with Gasteiger partial charge in [0.2, 0.25) is 5.95 Å². The van der Waals surface area contributed by atoms with Gasteiger partial charge in [0.05, 0.1) is 28.3 Å². The summed E-state index contributed by atoms with van der Waals surface area (Å²) in [7, 11) is 0. The Morgan fingerprint density at radius 1 is 1.25 bits per heavy atom. The molecule has 5 nitrogen and oxygen atoms in total. The number of halogens is 2. The van der Waals surface area contributed by atoms with E-state index in [2.05, 4.69) is 15.0 Å². The van der Waals surface area contributed by atoms with Crippen molar-refractivity contribution in [2.45, 2.75) is 6.04 Å². The molecular weight excluding hydrogens is 297 g/mol. The maximum absolute atomic E-state index is 6.11. The zero-order valence-electron chi connectivity index (χ0n) is 10.3. The number of hydrogen-bond acceptors (Lipinski definition) is 3. The molecule has 0 aliphatic carbocycles. The van der Waals surface area contributed by atoms with E-state index in [1.54, 1.807) is 24.8 Å². The van der Waals surface area contributed by atoms with Crippen molar-refractivity contribution in [1.29, 1.82) is 0 Å². The third-order valence-corrected chi connectivity index (χ3v) is 3.79. The molecule has 3 N–H and O–H groups in total. The highest BCUT2D eigenvalue weighted by atomic mass is 35.5. The van der Waals surface area contributed by atoms with Gasteiger partial charge in [0, 0.05) is 12.4 Å². The van der Waals surface area contributed by atoms with Gasteiger partial charge in [-0.15, -0.1) is 0 Å². The summed E-state index contributed by atoms with van der Waals surface area (Å²) < 4.78 is 1.84. The first-order valence-electron chi connectivity index (χ1n) is 5.88. The summed E-state index contributed by atoms with van der Waals surface area (Å²) in [6.45, 7) is 0. The summed E-state index contributed by atoms with van der Waals surface area (Å²) in [6, 6.07) is 5.29. The Kier molecular flexibility index (Phi) is 3.38. The first-order chi connectivity index (χ1) is 9.66. The maximum atomic E-state index is 6.11. The van der Waals surface area contributed by atoms with Crippen molar-refractivity contribution in [1.82, 2.24) is 19.5 Å². The number of nitrogen functional groups attached to an aromatic ring is 1. The summed E-state index contributed by atoms with van der Waals surface area (Å²) in [5.74, 6) is 0.413. The van der Waals surface area contributed by atoms with Crippen LogP contribution >= 0.6 is 23.2 Å². The maximum Gasteiger partial charge on any atom is 0.201 e. The second-order valence-electron chi connectivity index (χ2n) is 4.28. The molecule has 0 radical (unpaired) electrons. The number of benzene rings is 1. The van der Waals surface area contributed by atoms with Crippen LogP contribution in [0.1, 0.15) is 17.3 Å². The highest BCUT2D eigenvalue weighted by Crippen LogP contribution is 2.31. The first-order valence-corrected chi connectivity index (χ1v) is 6.64. The Bertz CT molecular complexity index is 720. The van der Waals surface area contributed by atoms with E-state index in [1.807, 2.05) is 22.9 Å². The molecule has 0 spiro atoms. The smallest absolute Gasteiger partial charge is 0.201 e. The van der Waals surface area contributed by atoms with E-state index < -0.39 is 0 Å². The van der Waals surface area contributed by atoms with Crippen LogP contribution in [0, 0.1) is 0 Å². The monoisotopic (exact) mass is 307 g/mol. The number of nitrogens with zero attached hydrogens (tertiary/aromatic N) is 3. The Balaban J connectivity index is 2.15. The van der Waals surface area contributed by atoms with Crippen molar-refractivity contribution in [2.75, 3.05) is 5.73 Å². The van der Waals surface area contributed by atoms with Gasteiger partial charge in [-0.05, 0) is 17.7 Å². The molecule has 0 saturated heterocycles. The van der Waals surface area contributed by atoms with E-state index in [0.717, 1.165) is 11.3 Å². The molecule has 0 saturated carbocycles. The number of aromatic amines is 1. The van der Waals surface area contributed by atoms with Crippen LogP contribution in [0.25, 0.3) is 0 Å². The predicted octanol–water partition coefficient (Wildman–Crippen LogP) is 3.13. The lowest BCUT2D eigenvalue weighted by Crippen LogP contribution is -2.14. The van der Waals surface area contributed by atoms with Crippen LogP contribution in [0.3, 0.4) is 0 Å². The lowest BCUT2D eigenvalue weighted by atomic mass is 10.0. The van der Waals surface area contributed by atoms with E-state index in [9.17, 15) is 0 Å². The lowest BCUT2D eigenvalue weighted by molar-refractivity contribution is 0.671. The Morgan fingerprint density at radius 2 is 2.10 bits per heavy atom. The van der Waals surface area contributed by atoms with E-state index in [1.165, 1.54) is 0 Å². The van der Waals surface area contributed by atoms with Gasteiger partial charge in [0.1, 0.15) is 6.04 Å². The second-order valence-corrected chi connectivity index (χ2v) is 5.09. The molecule has 3 rings (SSSR count). The average Bonchev–Trinajstić information content (AvgIpc) is 3.07. The standard InChI is InChI=1S/C13H11Cl2N5/c14-9-2-1-8(5-10(9)15)12(11-6-17-7-19-11)20-4-3-18-13(20)16/h1-7,12H,(H2,16,18)(H,17,19). The van der Waals surface area contributed by atoms with Crippen molar-refractivity contribution >= 4 is 29.2 Å². The highest BCUT2D eigenvalue weighted by Gasteiger charge is 2.20. The minimum Gasteiger partial charge on any atom is -0.369 e. The molecule has 102 valence electrons. The van der Waals surface area contributed by atoms with Crippen LogP contribution in [-0.4, -0.2) is 19.5 Å². The van der Waals surface area contributed by atoms with Crippen molar-refractivity contribution in [3.05, 3.63) is 64.4 Å². The van der Waals surface area contributed by atoms with E-state index in [-0.39, 0.29) is 6.04 Å². The number of anilines is 1. The zero-order chi connectivity index (χ0) is 14.1.